The van der Waals surface area contributed by atoms with Crippen molar-refractivity contribution in [2.24, 2.45) is 0 Å². The molecule has 0 aliphatic rings. The number of pyridine rings is 1. The molecular weight excluding hydrogens is 266 g/mol. The molecule has 0 atom stereocenters. The number of rotatable bonds is 3. The molecule has 106 valence electrons. The standard InChI is InChI=1S/C15H15N5O/c1-20(2)14(21)10-7-8-13(16-9-10)19-15-17-11-5-3-4-6-12(11)18-15/h3-9H,1-2H3,(H2,16,17,18,19). The summed E-state index contributed by atoms with van der Waals surface area (Å²) in [6, 6.07) is 11.3. The van der Waals surface area contributed by atoms with Gasteiger partial charge >= 0.3 is 0 Å². The highest BCUT2D eigenvalue weighted by Gasteiger charge is 2.08. The van der Waals surface area contributed by atoms with Crippen LogP contribution in [0.25, 0.3) is 11.0 Å². The second-order valence-corrected chi connectivity index (χ2v) is 4.86. The molecule has 0 spiro atoms. The van der Waals surface area contributed by atoms with Gasteiger partial charge in [0, 0.05) is 20.3 Å². The van der Waals surface area contributed by atoms with E-state index in [1.165, 1.54) is 4.90 Å². The lowest BCUT2D eigenvalue weighted by Crippen LogP contribution is -2.21. The topological polar surface area (TPSA) is 73.9 Å². The van der Waals surface area contributed by atoms with Gasteiger partial charge < -0.3 is 15.2 Å². The first-order chi connectivity index (χ1) is 10.1. The number of imidazole rings is 1. The van der Waals surface area contributed by atoms with Crippen molar-refractivity contribution >= 4 is 28.7 Å². The summed E-state index contributed by atoms with van der Waals surface area (Å²) in [5.74, 6) is 1.18. The first-order valence-electron chi connectivity index (χ1n) is 6.53. The highest BCUT2D eigenvalue weighted by atomic mass is 16.2. The van der Waals surface area contributed by atoms with Gasteiger partial charge in [0.15, 0.2) is 0 Å². The van der Waals surface area contributed by atoms with Crippen molar-refractivity contribution in [1.82, 2.24) is 19.9 Å². The zero-order valence-corrected chi connectivity index (χ0v) is 11.8. The van der Waals surface area contributed by atoms with E-state index >= 15 is 0 Å². The Morgan fingerprint density at radius 1 is 1.19 bits per heavy atom. The van der Waals surface area contributed by atoms with E-state index in [1.54, 1.807) is 32.4 Å². The Balaban J connectivity index is 1.80. The van der Waals surface area contributed by atoms with Crippen LogP contribution < -0.4 is 5.32 Å². The van der Waals surface area contributed by atoms with E-state index in [9.17, 15) is 4.79 Å². The van der Waals surface area contributed by atoms with Gasteiger partial charge in [0.2, 0.25) is 5.95 Å². The molecule has 6 heteroatoms. The van der Waals surface area contributed by atoms with Crippen LogP contribution in [0.5, 0.6) is 0 Å². The maximum atomic E-state index is 11.8. The molecule has 2 heterocycles. The molecule has 1 amide bonds. The number of hydrogen-bond donors (Lipinski definition) is 2. The van der Waals surface area contributed by atoms with Gasteiger partial charge in [0.25, 0.3) is 5.91 Å². The zero-order valence-electron chi connectivity index (χ0n) is 11.8. The predicted molar refractivity (Wildman–Crippen MR) is 81.6 cm³/mol. The van der Waals surface area contributed by atoms with Crippen molar-refractivity contribution in [3.05, 3.63) is 48.2 Å². The number of anilines is 2. The van der Waals surface area contributed by atoms with Crippen LogP contribution in [0.1, 0.15) is 10.4 Å². The molecule has 0 saturated heterocycles. The van der Waals surface area contributed by atoms with Gasteiger partial charge in [-0.3, -0.25) is 4.79 Å². The molecule has 3 rings (SSSR count). The molecule has 3 aromatic rings. The Labute approximate surface area is 121 Å². The summed E-state index contributed by atoms with van der Waals surface area (Å²) in [6.45, 7) is 0. The number of aromatic nitrogens is 3. The second kappa shape index (κ2) is 5.24. The highest BCUT2D eigenvalue weighted by molar-refractivity contribution is 5.93. The Morgan fingerprint density at radius 3 is 2.67 bits per heavy atom. The van der Waals surface area contributed by atoms with Crippen molar-refractivity contribution < 1.29 is 4.79 Å². The highest BCUT2D eigenvalue weighted by Crippen LogP contribution is 2.17. The van der Waals surface area contributed by atoms with E-state index in [2.05, 4.69) is 20.3 Å². The van der Waals surface area contributed by atoms with E-state index in [4.69, 9.17) is 0 Å². The fourth-order valence-corrected chi connectivity index (χ4v) is 1.99. The summed E-state index contributed by atoms with van der Waals surface area (Å²) in [6.07, 6.45) is 1.55. The third kappa shape index (κ3) is 2.69. The van der Waals surface area contributed by atoms with Crippen molar-refractivity contribution in [1.29, 1.82) is 0 Å². The van der Waals surface area contributed by atoms with Gasteiger partial charge in [-0.15, -0.1) is 0 Å². The quantitative estimate of drug-likeness (QED) is 0.773. The van der Waals surface area contributed by atoms with E-state index in [0.717, 1.165) is 11.0 Å². The van der Waals surface area contributed by atoms with E-state index < -0.39 is 0 Å². The summed E-state index contributed by atoms with van der Waals surface area (Å²) in [4.78, 5) is 25.1. The number of carbonyl (C=O) groups excluding carboxylic acids is 1. The Bertz CT molecular complexity index is 743. The lowest BCUT2D eigenvalue weighted by molar-refractivity contribution is 0.0827. The van der Waals surface area contributed by atoms with Gasteiger partial charge in [-0.2, -0.15) is 0 Å². The van der Waals surface area contributed by atoms with Gasteiger partial charge in [0.05, 0.1) is 16.6 Å². The minimum absolute atomic E-state index is 0.0715. The second-order valence-electron chi connectivity index (χ2n) is 4.86. The van der Waals surface area contributed by atoms with Crippen LogP contribution in [0.2, 0.25) is 0 Å². The molecule has 0 aliphatic heterocycles. The molecule has 0 radical (unpaired) electrons. The number of nitrogens with zero attached hydrogens (tertiary/aromatic N) is 3. The number of nitrogens with one attached hydrogen (secondary N) is 2. The van der Waals surface area contributed by atoms with E-state index in [1.807, 2.05) is 24.3 Å². The fraction of sp³-hybridized carbons (Fsp3) is 0.133. The summed E-state index contributed by atoms with van der Waals surface area (Å²) < 4.78 is 0. The summed E-state index contributed by atoms with van der Waals surface area (Å²) >= 11 is 0. The van der Waals surface area contributed by atoms with Crippen molar-refractivity contribution in [3.63, 3.8) is 0 Å². The van der Waals surface area contributed by atoms with E-state index in [-0.39, 0.29) is 5.91 Å². The third-order valence-corrected chi connectivity index (χ3v) is 3.05. The maximum absolute atomic E-state index is 11.8. The normalized spacial score (nSPS) is 10.6. The number of para-hydroxylation sites is 2. The number of aromatic amines is 1. The number of H-pyrrole nitrogens is 1. The van der Waals surface area contributed by atoms with Crippen molar-refractivity contribution in [3.8, 4) is 0 Å². The van der Waals surface area contributed by atoms with Gasteiger partial charge in [-0.1, -0.05) is 12.1 Å². The van der Waals surface area contributed by atoms with Crippen LogP contribution >= 0.6 is 0 Å². The monoisotopic (exact) mass is 281 g/mol. The van der Waals surface area contributed by atoms with Crippen LogP contribution in [0, 0.1) is 0 Å². The van der Waals surface area contributed by atoms with Crippen molar-refractivity contribution in [2.75, 3.05) is 19.4 Å². The van der Waals surface area contributed by atoms with Crippen LogP contribution in [0.15, 0.2) is 42.6 Å². The fourth-order valence-electron chi connectivity index (χ4n) is 1.99. The van der Waals surface area contributed by atoms with Gasteiger partial charge in [-0.25, -0.2) is 9.97 Å². The first-order valence-corrected chi connectivity index (χ1v) is 6.53. The van der Waals surface area contributed by atoms with Crippen LogP contribution in [-0.4, -0.2) is 39.9 Å². The minimum Gasteiger partial charge on any atom is -0.345 e. The number of carbonyl (C=O) groups is 1. The third-order valence-electron chi connectivity index (χ3n) is 3.05. The Hall–Kier alpha value is -2.89. The molecule has 1 aromatic carbocycles. The minimum atomic E-state index is -0.0715. The number of benzene rings is 1. The number of hydrogen-bond acceptors (Lipinski definition) is 4. The zero-order chi connectivity index (χ0) is 14.8. The molecule has 0 bridgehead atoms. The van der Waals surface area contributed by atoms with Crippen LogP contribution in [0.4, 0.5) is 11.8 Å². The maximum Gasteiger partial charge on any atom is 0.254 e. The number of amides is 1. The van der Waals surface area contributed by atoms with Crippen LogP contribution in [0.3, 0.4) is 0 Å². The lowest BCUT2D eigenvalue weighted by atomic mass is 10.2. The molecule has 2 N–H and O–H groups in total. The number of fused-ring (bicyclic) bond motifs is 1. The average molecular weight is 281 g/mol. The largest absolute Gasteiger partial charge is 0.345 e. The molecule has 0 unspecified atom stereocenters. The molecular formula is C15H15N5O. The molecule has 2 aromatic heterocycles. The molecule has 21 heavy (non-hydrogen) atoms. The summed E-state index contributed by atoms with van der Waals surface area (Å²) in [5, 5.41) is 3.09. The average Bonchev–Trinajstić information content (AvgIpc) is 2.89. The first kappa shape index (κ1) is 13.1. The van der Waals surface area contributed by atoms with Gasteiger partial charge in [-0.05, 0) is 24.3 Å². The summed E-state index contributed by atoms with van der Waals surface area (Å²) in [7, 11) is 3.42. The molecule has 6 nitrogen and oxygen atoms in total. The van der Waals surface area contributed by atoms with Crippen molar-refractivity contribution in [2.45, 2.75) is 0 Å². The van der Waals surface area contributed by atoms with Crippen LogP contribution in [-0.2, 0) is 0 Å². The lowest BCUT2D eigenvalue weighted by Gasteiger charge is -2.10. The Morgan fingerprint density at radius 2 is 2.00 bits per heavy atom. The smallest absolute Gasteiger partial charge is 0.254 e. The predicted octanol–water partition coefficient (Wildman–Crippen LogP) is 2.40. The molecule has 0 saturated carbocycles. The van der Waals surface area contributed by atoms with E-state index in [0.29, 0.717) is 17.3 Å². The SMILES string of the molecule is CN(C)C(=O)c1ccc(Nc2nc3ccccc3[nH]2)nc1. The summed E-state index contributed by atoms with van der Waals surface area (Å²) in [5.41, 5.74) is 2.40. The van der Waals surface area contributed by atoms with Gasteiger partial charge in [0.1, 0.15) is 5.82 Å². The molecule has 0 fully saturated rings. The molecule has 0 aliphatic carbocycles. The Kier molecular flexibility index (Phi) is 3.27.